The van der Waals surface area contributed by atoms with E-state index in [2.05, 4.69) is 16.9 Å². The lowest BCUT2D eigenvalue weighted by molar-refractivity contribution is 1.03. The molecule has 2 aromatic heterocycles. The normalized spacial score (nSPS) is 10.3. The average Bonchev–Trinajstić information content (AvgIpc) is 2.67. The molecule has 2 rings (SSSR count). The Labute approximate surface area is 83.1 Å². The van der Waals surface area contributed by atoms with E-state index in [9.17, 15) is 0 Å². The first-order valence-corrected chi connectivity index (χ1v) is 4.68. The monoisotopic (exact) mass is 187 g/mol. The molecule has 3 nitrogen and oxygen atoms in total. The van der Waals surface area contributed by atoms with Gasteiger partial charge >= 0.3 is 0 Å². The fourth-order valence-corrected chi connectivity index (χ4v) is 1.39. The highest BCUT2D eigenvalue weighted by molar-refractivity contribution is 5.49. The molecular weight excluding hydrogens is 174 g/mol. The third-order valence-electron chi connectivity index (χ3n) is 2.08. The summed E-state index contributed by atoms with van der Waals surface area (Å²) in [7, 11) is 0. The van der Waals surface area contributed by atoms with Crippen LogP contribution in [0.25, 0.3) is 5.65 Å². The van der Waals surface area contributed by atoms with Crippen LogP contribution in [-0.4, -0.2) is 15.9 Å². The summed E-state index contributed by atoms with van der Waals surface area (Å²) >= 11 is 0. The third-order valence-corrected chi connectivity index (χ3v) is 2.08. The molecule has 0 fully saturated rings. The zero-order valence-electron chi connectivity index (χ0n) is 7.98. The number of pyridine rings is 1. The maximum absolute atomic E-state index is 4.21. The second kappa shape index (κ2) is 3.96. The van der Waals surface area contributed by atoms with E-state index >= 15 is 0 Å². The molecule has 0 aliphatic heterocycles. The molecule has 0 aliphatic rings. The van der Waals surface area contributed by atoms with Gasteiger partial charge in [-0.3, -0.25) is 4.40 Å². The number of rotatable bonds is 4. The highest BCUT2D eigenvalue weighted by Gasteiger charge is 1.97. The summed E-state index contributed by atoms with van der Waals surface area (Å²) in [6.45, 7) is 4.59. The Morgan fingerprint density at radius 2 is 2.43 bits per heavy atom. The Morgan fingerprint density at radius 1 is 1.50 bits per heavy atom. The first-order chi connectivity index (χ1) is 6.92. The fourth-order valence-electron chi connectivity index (χ4n) is 1.39. The van der Waals surface area contributed by atoms with E-state index in [1.807, 2.05) is 34.9 Å². The third kappa shape index (κ3) is 1.62. The standard InChI is InChI=1S/C11H13N3/c1-2-3-7-12-10-5-4-6-11-13-8-9-14(10)11/h2,4-6,8-9,12H,1,3,7H2. The number of hydrogen-bond donors (Lipinski definition) is 1. The Morgan fingerprint density at radius 3 is 3.29 bits per heavy atom. The molecule has 0 radical (unpaired) electrons. The molecule has 1 N–H and O–H groups in total. The minimum Gasteiger partial charge on any atom is -0.371 e. The molecular formula is C11H13N3. The molecule has 0 atom stereocenters. The predicted molar refractivity (Wildman–Crippen MR) is 58.5 cm³/mol. The maximum atomic E-state index is 4.21. The van der Waals surface area contributed by atoms with Gasteiger partial charge in [0.25, 0.3) is 0 Å². The van der Waals surface area contributed by atoms with E-state index in [1.165, 1.54) is 0 Å². The first kappa shape index (κ1) is 8.81. The highest BCUT2D eigenvalue weighted by atomic mass is 15.1. The Kier molecular flexibility index (Phi) is 2.49. The van der Waals surface area contributed by atoms with Crippen molar-refractivity contribution < 1.29 is 0 Å². The van der Waals surface area contributed by atoms with Crippen molar-refractivity contribution in [3.63, 3.8) is 0 Å². The Hall–Kier alpha value is -1.77. The summed E-state index contributed by atoms with van der Waals surface area (Å²) in [4.78, 5) is 4.21. The van der Waals surface area contributed by atoms with Gasteiger partial charge in [-0.15, -0.1) is 6.58 Å². The van der Waals surface area contributed by atoms with E-state index < -0.39 is 0 Å². The minimum absolute atomic E-state index is 0.904. The summed E-state index contributed by atoms with van der Waals surface area (Å²) in [6, 6.07) is 6.02. The van der Waals surface area contributed by atoms with E-state index in [4.69, 9.17) is 0 Å². The van der Waals surface area contributed by atoms with Crippen LogP contribution in [0.3, 0.4) is 0 Å². The average molecular weight is 187 g/mol. The number of fused-ring (bicyclic) bond motifs is 1. The first-order valence-electron chi connectivity index (χ1n) is 4.68. The number of hydrogen-bond acceptors (Lipinski definition) is 2. The SMILES string of the molecule is C=CCCNc1cccc2nccn12. The van der Waals surface area contributed by atoms with Crippen LogP contribution in [-0.2, 0) is 0 Å². The highest BCUT2D eigenvalue weighted by Crippen LogP contribution is 2.10. The molecule has 0 saturated heterocycles. The van der Waals surface area contributed by atoms with Crippen molar-refractivity contribution in [2.24, 2.45) is 0 Å². The van der Waals surface area contributed by atoms with Crippen molar-refractivity contribution >= 4 is 11.5 Å². The quantitative estimate of drug-likeness (QED) is 0.588. The van der Waals surface area contributed by atoms with Crippen LogP contribution in [0.5, 0.6) is 0 Å². The van der Waals surface area contributed by atoms with Crippen LogP contribution in [0.15, 0.2) is 43.2 Å². The van der Waals surface area contributed by atoms with Crippen molar-refractivity contribution in [3.8, 4) is 0 Å². The van der Waals surface area contributed by atoms with Gasteiger partial charge in [0.15, 0.2) is 0 Å². The predicted octanol–water partition coefficient (Wildman–Crippen LogP) is 2.32. The molecule has 0 amide bonds. The van der Waals surface area contributed by atoms with Gasteiger partial charge in [0, 0.05) is 18.9 Å². The molecule has 0 aliphatic carbocycles. The van der Waals surface area contributed by atoms with Gasteiger partial charge in [-0.25, -0.2) is 4.98 Å². The van der Waals surface area contributed by atoms with Gasteiger partial charge in [-0.2, -0.15) is 0 Å². The van der Waals surface area contributed by atoms with Crippen molar-refractivity contribution in [3.05, 3.63) is 43.2 Å². The molecule has 0 spiro atoms. The second-order valence-electron chi connectivity index (χ2n) is 3.07. The van der Waals surface area contributed by atoms with Crippen molar-refractivity contribution in [1.29, 1.82) is 0 Å². The molecule has 0 unspecified atom stereocenters. The van der Waals surface area contributed by atoms with Crippen LogP contribution < -0.4 is 5.32 Å². The van der Waals surface area contributed by atoms with Crippen molar-refractivity contribution in [2.45, 2.75) is 6.42 Å². The Bertz CT molecular complexity index is 431. The van der Waals surface area contributed by atoms with E-state index in [0.717, 1.165) is 24.4 Å². The van der Waals surface area contributed by atoms with Crippen molar-refractivity contribution in [1.82, 2.24) is 9.38 Å². The molecule has 0 bridgehead atoms. The number of nitrogens with one attached hydrogen (secondary N) is 1. The Balaban J connectivity index is 2.23. The largest absolute Gasteiger partial charge is 0.371 e. The summed E-state index contributed by atoms with van der Waals surface area (Å²) < 4.78 is 2.03. The van der Waals surface area contributed by atoms with Crippen molar-refractivity contribution in [2.75, 3.05) is 11.9 Å². The number of anilines is 1. The van der Waals surface area contributed by atoms with E-state index in [0.29, 0.717) is 0 Å². The second-order valence-corrected chi connectivity index (χ2v) is 3.07. The topological polar surface area (TPSA) is 29.3 Å². The van der Waals surface area contributed by atoms with Crippen LogP contribution in [0.4, 0.5) is 5.82 Å². The van der Waals surface area contributed by atoms with Gasteiger partial charge in [0.2, 0.25) is 0 Å². The smallest absolute Gasteiger partial charge is 0.138 e. The lowest BCUT2D eigenvalue weighted by Crippen LogP contribution is -2.04. The minimum atomic E-state index is 0.904. The molecule has 2 heterocycles. The van der Waals surface area contributed by atoms with Gasteiger partial charge in [-0.1, -0.05) is 12.1 Å². The molecule has 0 saturated carbocycles. The number of aromatic nitrogens is 2. The number of nitrogens with zero attached hydrogens (tertiary/aromatic N) is 2. The zero-order valence-corrected chi connectivity index (χ0v) is 7.98. The van der Waals surface area contributed by atoms with E-state index in [1.54, 1.807) is 6.20 Å². The van der Waals surface area contributed by atoms with Gasteiger partial charge in [0.05, 0.1) is 0 Å². The van der Waals surface area contributed by atoms with Crippen LogP contribution in [0.1, 0.15) is 6.42 Å². The fraction of sp³-hybridized carbons (Fsp3) is 0.182. The number of imidazole rings is 1. The molecule has 3 heteroatoms. The van der Waals surface area contributed by atoms with Gasteiger partial charge in [0.1, 0.15) is 11.5 Å². The zero-order chi connectivity index (χ0) is 9.80. The summed E-state index contributed by atoms with van der Waals surface area (Å²) in [5.41, 5.74) is 0.966. The van der Waals surface area contributed by atoms with Crippen LogP contribution in [0, 0.1) is 0 Å². The summed E-state index contributed by atoms with van der Waals surface area (Å²) in [5, 5.41) is 3.33. The lowest BCUT2D eigenvalue weighted by Gasteiger charge is -2.06. The maximum Gasteiger partial charge on any atom is 0.138 e. The van der Waals surface area contributed by atoms with Gasteiger partial charge in [-0.05, 0) is 18.6 Å². The van der Waals surface area contributed by atoms with E-state index in [-0.39, 0.29) is 0 Å². The molecule has 2 aromatic rings. The molecule has 0 aromatic carbocycles. The summed E-state index contributed by atoms with van der Waals surface area (Å²) in [5.74, 6) is 1.07. The lowest BCUT2D eigenvalue weighted by atomic mass is 10.4. The summed E-state index contributed by atoms with van der Waals surface area (Å²) in [6.07, 6.45) is 6.62. The van der Waals surface area contributed by atoms with Crippen LogP contribution in [0.2, 0.25) is 0 Å². The molecule has 14 heavy (non-hydrogen) atoms. The molecule has 72 valence electrons. The van der Waals surface area contributed by atoms with Gasteiger partial charge < -0.3 is 5.32 Å². The van der Waals surface area contributed by atoms with Crippen LogP contribution >= 0.6 is 0 Å².